The van der Waals surface area contributed by atoms with E-state index in [0.717, 1.165) is 7.05 Å². The van der Waals surface area contributed by atoms with Gasteiger partial charge in [-0.3, -0.25) is 4.68 Å². The Morgan fingerprint density at radius 2 is 1.82 bits per heavy atom. The number of alkyl halides is 6. The smallest absolute Gasteiger partial charge is 0.329 e. The third-order valence-electron chi connectivity index (χ3n) is 2.19. The molecule has 0 bridgehead atoms. The van der Waals surface area contributed by atoms with Crippen molar-refractivity contribution in [1.29, 1.82) is 0 Å². The molecule has 1 heterocycles. The second-order valence-corrected chi connectivity index (χ2v) is 3.41. The van der Waals surface area contributed by atoms with Crippen LogP contribution in [0.5, 0.6) is 0 Å². The molecule has 1 rings (SSSR count). The van der Waals surface area contributed by atoms with Crippen LogP contribution >= 0.6 is 0 Å². The third-order valence-corrected chi connectivity index (χ3v) is 2.19. The number of halogens is 6. The monoisotopic (exact) mass is 261 g/mol. The van der Waals surface area contributed by atoms with Crippen LogP contribution in [-0.2, 0) is 13.2 Å². The second kappa shape index (κ2) is 4.21. The molecule has 0 fully saturated rings. The molecule has 0 radical (unpaired) electrons. The molecule has 0 aliphatic carbocycles. The highest BCUT2D eigenvalue weighted by Crippen LogP contribution is 2.36. The molecule has 1 unspecified atom stereocenters. The van der Waals surface area contributed by atoms with Gasteiger partial charge in [0.15, 0.2) is 5.69 Å². The molecule has 0 amide bonds. The molecule has 0 aliphatic rings. The summed E-state index contributed by atoms with van der Waals surface area (Å²) in [5.74, 6) is -2.16. The van der Waals surface area contributed by atoms with Gasteiger partial charge in [0.2, 0.25) is 0 Å². The van der Waals surface area contributed by atoms with Crippen LogP contribution < -0.4 is 5.73 Å². The molecule has 0 aromatic carbocycles. The van der Waals surface area contributed by atoms with Gasteiger partial charge in [-0.05, 0) is 6.07 Å². The molecule has 3 nitrogen and oxygen atoms in total. The number of hydrogen-bond acceptors (Lipinski definition) is 2. The predicted molar refractivity (Wildman–Crippen MR) is 46.1 cm³/mol. The highest BCUT2D eigenvalue weighted by molar-refractivity contribution is 5.18. The van der Waals surface area contributed by atoms with Gasteiger partial charge in [0.05, 0.1) is 5.69 Å². The Morgan fingerprint density at radius 3 is 2.12 bits per heavy atom. The third kappa shape index (κ3) is 2.90. The van der Waals surface area contributed by atoms with E-state index in [1.807, 2.05) is 0 Å². The van der Waals surface area contributed by atoms with Crippen LogP contribution in [0.3, 0.4) is 0 Å². The minimum Gasteiger partial charge on any atom is -0.329 e. The topological polar surface area (TPSA) is 43.8 Å². The average molecular weight is 261 g/mol. The quantitative estimate of drug-likeness (QED) is 0.828. The number of nitrogens with zero attached hydrogens (tertiary/aromatic N) is 2. The molecule has 0 saturated carbocycles. The number of aromatic nitrogens is 2. The Morgan fingerprint density at radius 1 is 1.29 bits per heavy atom. The van der Waals surface area contributed by atoms with Gasteiger partial charge in [0.1, 0.15) is 5.92 Å². The zero-order valence-corrected chi connectivity index (χ0v) is 8.60. The van der Waals surface area contributed by atoms with Crippen molar-refractivity contribution in [3.8, 4) is 0 Å². The van der Waals surface area contributed by atoms with E-state index in [9.17, 15) is 26.3 Å². The van der Waals surface area contributed by atoms with Gasteiger partial charge in [0, 0.05) is 13.6 Å². The Kier molecular flexibility index (Phi) is 3.42. The number of nitrogens with two attached hydrogens (primary N) is 1. The second-order valence-electron chi connectivity index (χ2n) is 3.41. The summed E-state index contributed by atoms with van der Waals surface area (Å²) in [7, 11) is 1.01. The lowest BCUT2D eigenvalue weighted by molar-refractivity contribution is -0.149. The van der Waals surface area contributed by atoms with Crippen molar-refractivity contribution in [3.05, 3.63) is 17.5 Å². The standard InChI is InChI=1S/C8H9F6N3/c1-17-5(4(3-15)7(9,10)11)2-6(16-17)8(12,13)14/h2,4H,3,15H2,1H3. The van der Waals surface area contributed by atoms with E-state index in [-0.39, 0.29) is 0 Å². The number of aryl methyl sites for hydroxylation is 1. The molecule has 1 aromatic heterocycles. The minimum atomic E-state index is -4.78. The van der Waals surface area contributed by atoms with Crippen molar-refractivity contribution in [2.24, 2.45) is 12.8 Å². The van der Waals surface area contributed by atoms with Gasteiger partial charge in [-0.1, -0.05) is 0 Å². The van der Waals surface area contributed by atoms with Gasteiger partial charge in [-0.2, -0.15) is 31.4 Å². The largest absolute Gasteiger partial charge is 0.435 e. The highest BCUT2D eigenvalue weighted by atomic mass is 19.4. The van der Waals surface area contributed by atoms with Crippen molar-refractivity contribution in [2.75, 3.05) is 6.54 Å². The first-order chi connectivity index (χ1) is 7.57. The Hall–Kier alpha value is -1.25. The zero-order chi connectivity index (χ0) is 13.4. The molecule has 98 valence electrons. The molecular formula is C8H9F6N3. The van der Waals surface area contributed by atoms with Gasteiger partial charge in [0.25, 0.3) is 0 Å². The molecule has 9 heteroatoms. The molecule has 1 aromatic rings. The zero-order valence-electron chi connectivity index (χ0n) is 8.60. The van der Waals surface area contributed by atoms with Crippen LogP contribution in [0.15, 0.2) is 6.07 Å². The first-order valence-electron chi connectivity index (χ1n) is 4.45. The lowest BCUT2D eigenvalue weighted by Gasteiger charge is -2.18. The van der Waals surface area contributed by atoms with Crippen molar-refractivity contribution in [3.63, 3.8) is 0 Å². The van der Waals surface area contributed by atoms with Crippen LogP contribution in [0.1, 0.15) is 17.3 Å². The summed E-state index contributed by atoms with van der Waals surface area (Å²) in [4.78, 5) is 0. The summed E-state index contributed by atoms with van der Waals surface area (Å²) in [5, 5.41) is 3.00. The fourth-order valence-corrected chi connectivity index (χ4v) is 1.37. The summed E-state index contributed by atoms with van der Waals surface area (Å²) in [5.41, 5.74) is 2.97. The Labute approximate surface area is 92.2 Å². The van der Waals surface area contributed by atoms with E-state index >= 15 is 0 Å². The molecule has 0 saturated heterocycles. The van der Waals surface area contributed by atoms with Crippen molar-refractivity contribution in [1.82, 2.24) is 9.78 Å². The number of rotatable bonds is 2. The molecule has 17 heavy (non-hydrogen) atoms. The van der Waals surface area contributed by atoms with Crippen LogP contribution in [0.4, 0.5) is 26.3 Å². The Bertz CT molecular complexity index is 391. The maximum absolute atomic E-state index is 12.5. The molecule has 2 N–H and O–H groups in total. The van der Waals surface area contributed by atoms with Gasteiger partial charge in [-0.15, -0.1) is 0 Å². The maximum Gasteiger partial charge on any atom is 0.435 e. The summed E-state index contributed by atoms with van der Waals surface area (Å²) in [6.07, 6.45) is -9.48. The predicted octanol–water partition coefficient (Wildman–Crippen LogP) is 2.04. The van der Waals surface area contributed by atoms with E-state index in [4.69, 9.17) is 5.73 Å². The molecule has 1 atom stereocenters. The lowest BCUT2D eigenvalue weighted by atomic mass is 10.1. The van der Waals surface area contributed by atoms with Crippen LogP contribution in [0.25, 0.3) is 0 Å². The fraction of sp³-hybridized carbons (Fsp3) is 0.625. The summed E-state index contributed by atoms with van der Waals surface area (Å²) >= 11 is 0. The maximum atomic E-state index is 12.5. The van der Waals surface area contributed by atoms with Crippen LogP contribution in [0, 0.1) is 0 Å². The van der Waals surface area contributed by atoms with Crippen molar-refractivity contribution >= 4 is 0 Å². The van der Waals surface area contributed by atoms with Gasteiger partial charge >= 0.3 is 12.4 Å². The summed E-state index contributed by atoms with van der Waals surface area (Å²) in [6.45, 7) is -0.833. The van der Waals surface area contributed by atoms with E-state index in [1.165, 1.54) is 0 Å². The van der Waals surface area contributed by atoms with E-state index in [0.29, 0.717) is 10.7 Å². The minimum absolute atomic E-state index is 0.366. The SMILES string of the molecule is Cn1nc(C(F)(F)F)cc1C(CN)C(F)(F)F. The van der Waals surface area contributed by atoms with Gasteiger partial charge in [-0.25, -0.2) is 0 Å². The van der Waals surface area contributed by atoms with E-state index < -0.39 is 36.2 Å². The fourth-order valence-electron chi connectivity index (χ4n) is 1.37. The highest BCUT2D eigenvalue weighted by Gasteiger charge is 2.43. The summed E-state index contributed by atoms with van der Waals surface area (Å²) in [6, 6.07) is 0.366. The molecule has 0 aliphatic heterocycles. The van der Waals surface area contributed by atoms with E-state index in [1.54, 1.807) is 0 Å². The van der Waals surface area contributed by atoms with Crippen LogP contribution in [-0.4, -0.2) is 22.5 Å². The molecular weight excluding hydrogens is 252 g/mol. The lowest BCUT2D eigenvalue weighted by Crippen LogP contribution is -2.29. The molecule has 0 spiro atoms. The van der Waals surface area contributed by atoms with Gasteiger partial charge < -0.3 is 5.73 Å². The number of hydrogen-bond donors (Lipinski definition) is 1. The average Bonchev–Trinajstić information content (AvgIpc) is 2.46. The van der Waals surface area contributed by atoms with E-state index in [2.05, 4.69) is 5.10 Å². The van der Waals surface area contributed by atoms with Crippen molar-refractivity contribution in [2.45, 2.75) is 18.3 Å². The normalized spacial score (nSPS) is 15.1. The first-order valence-corrected chi connectivity index (χ1v) is 4.45. The van der Waals surface area contributed by atoms with Crippen LogP contribution in [0.2, 0.25) is 0 Å². The summed E-state index contributed by atoms with van der Waals surface area (Å²) < 4.78 is 74.8. The Balaban J connectivity index is 3.19. The first kappa shape index (κ1) is 13.8. The van der Waals surface area contributed by atoms with Crippen molar-refractivity contribution < 1.29 is 26.3 Å².